The van der Waals surface area contributed by atoms with Crippen LogP contribution >= 0.6 is 15.9 Å². The van der Waals surface area contributed by atoms with E-state index in [-0.39, 0.29) is 10.6 Å². The zero-order valence-corrected chi connectivity index (χ0v) is 11.9. The van der Waals surface area contributed by atoms with Crippen LogP contribution in [0.3, 0.4) is 0 Å². The molecule has 1 aromatic carbocycles. The van der Waals surface area contributed by atoms with Gasteiger partial charge in [0, 0.05) is 29.2 Å². The molecule has 6 heteroatoms. The fraction of sp³-hybridized carbons (Fsp3) is 0.538. The van der Waals surface area contributed by atoms with Gasteiger partial charge in [-0.1, -0.05) is 15.9 Å². The predicted molar refractivity (Wildman–Crippen MR) is 73.9 cm³/mol. The Morgan fingerprint density at radius 3 is 2.89 bits per heavy atom. The molecule has 2 aliphatic heterocycles. The number of fused-ring (bicyclic) bond motifs is 2. The molecule has 1 N–H and O–H groups in total. The van der Waals surface area contributed by atoms with Gasteiger partial charge in [0.25, 0.3) is 5.69 Å². The van der Waals surface area contributed by atoms with E-state index in [9.17, 15) is 10.1 Å². The van der Waals surface area contributed by atoms with Crippen LogP contribution in [0.1, 0.15) is 24.8 Å². The summed E-state index contributed by atoms with van der Waals surface area (Å²) in [7, 11) is 0. The maximum Gasteiger partial charge on any atom is 0.270 e. The smallest absolute Gasteiger partial charge is 0.270 e. The van der Waals surface area contributed by atoms with Gasteiger partial charge < -0.3 is 10.1 Å². The highest BCUT2D eigenvalue weighted by molar-refractivity contribution is 9.10. The standard InChI is InChI=1S/C13H15BrN2O3/c14-11-5-9(16(17)18)2-1-8(11)7-15-12-6-10-3-4-13(12)19-10/h1-2,5,10,12-13,15H,3-4,6-7H2. The summed E-state index contributed by atoms with van der Waals surface area (Å²) in [6.45, 7) is 0.704. The van der Waals surface area contributed by atoms with Crippen LogP contribution in [0.25, 0.3) is 0 Å². The van der Waals surface area contributed by atoms with Gasteiger partial charge in [0.1, 0.15) is 0 Å². The zero-order valence-electron chi connectivity index (χ0n) is 10.3. The summed E-state index contributed by atoms with van der Waals surface area (Å²) >= 11 is 3.39. The largest absolute Gasteiger partial charge is 0.373 e. The van der Waals surface area contributed by atoms with Gasteiger partial charge in [0.2, 0.25) is 0 Å². The fourth-order valence-corrected chi connectivity index (χ4v) is 3.39. The van der Waals surface area contributed by atoms with Crippen LogP contribution in [0.2, 0.25) is 0 Å². The molecule has 2 saturated heterocycles. The first-order chi connectivity index (χ1) is 9.13. The topological polar surface area (TPSA) is 64.4 Å². The number of hydrogen-bond acceptors (Lipinski definition) is 4. The number of rotatable bonds is 4. The van der Waals surface area contributed by atoms with Crippen LogP contribution in [0.15, 0.2) is 22.7 Å². The number of nitro groups is 1. The number of hydrogen-bond donors (Lipinski definition) is 1. The number of ether oxygens (including phenoxy) is 1. The molecule has 2 fully saturated rings. The summed E-state index contributed by atoms with van der Waals surface area (Å²) in [5.74, 6) is 0. The Labute approximate surface area is 119 Å². The first kappa shape index (κ1) is 13.0. The average molecular weight is 327 g/mol. The van der Waals surface area contributed by atoms with Crippen molar-refractivity contribution in [1.29, 1.82) is 0 Å². The van der Waals surface area contributed by atoms with Crippen LogP contribution in [0, 0.1) is 10.1 Å². The van der Waals surface area contributed by atoms with E-state index in [1.807, 2.05) is 0 Å². The molecule has 2 aliphatic rings. The number of benzene rings is 1. The molecular formula is C13H15BrN2O3. The lowest BCUT2D eigenvalue weighted by atomic mass is 9.95. The van der Waals surface area contributed by atoms with E-state index < -0.39 is 0 Å². The third-order valence-electron chi connectivity index (χ3n) is 3.91. The van der Waals surface area contributed by atoms with E-state index in [0.29, 0.717) is 24.8 Å². The monoisotopic (exact) mass is 326 g/mol. The van der Waals surface area contributed by atoms with Gasteiger partial charge in [-0.3, -0.25) is 10.1 Å². The molecule has 0 amide bonds. The highest BCUT2D eigenvalue weighted by Crippen LogP contribution is 2.34. The van der Waals surface area contributed by atoms with E-state index >= 15 is 0 Å². The summed E-state index contributed by atoms with van der Waals surface area (Å²) in [6.07, 6.45) is 4.19. The minimum absolute atomic E-state index is 0.110. The lowest BCUT2D eigenvalue weighted by molar-refractivity contribution is -0.384. The first-order valence-corrected chi connectivity index (χ1v) is 7.24. The number of nitro benzene ring substituents is 1. The lowest BCUT2D eigenvalue weighted by Crippen LogP contribution is -2.37. The van der Waals surface area contributed by atoms with Crippen molar-refractivity contribution >= 4 is 21.6 Å². The van der Waals surface area contributed by atoms with E-state index in [1.165, 1.54) is 6.42 Å². The molecule has 0 aromatic heterocycles. The lowest BCUT2D eigenvalue weighted by Gasteiger charge is -2.20. The molecule has 3 rings (SSSR count). The summed E-state index contributed by atoms with van der Waals surface area (Å²) in [6, 6.07) is 5.30. The normalized spacial score (nSPS) is 28.8. The number of halogens is 1. The molecule has 19 heavy (non-hydrogen) atoms. The van der Waals surface area contributed by atoms with Gasteiger partial charge in [-0.15, -0.1) is 0 Å². The number of nitrogens with one attached hydrogen (secondary N) is 1. The highest BCUT2D eigenvalue weighted by Gasteiger charge is 2.40. The Morgan fingerprint density at radius 2 is 2.32 bits per heavy atom. The third kappa shape index (κ3) is 2.66. The van der Waals surface area contributed by atoms with Crippen molar-refractivity contribution in [2.75, 3.05) is 0 Å². The van der Waals surface area contributed by atoms with Crippen molar-refractivity contribution in [3.05, 3.63) is 38.3 Å². The Kier molecular flexibility index (Phi) is 3.56. The Balaban J connectivity index is 1.62. The third-order valence-corrected chi connectivity index (χ3v) is 4.65. The van der Waals surface area contributed by atoms with Gasteiger partial charge in [0.15, 0.2) is 0 Å². The molecule has 2 bridgehead atoms. The van der Waals surface area contributed by atoms with Crippen molar-refractivity contribution < 1.29 is 9.66 Å². The number of nitrogens with zero attached hydrogens (tertiary/aromatic N) is 1. The first-order valence-electron chi connectivity index (χ1n) is 6.45. The van der Waals surface area contributed by atoms with Gasteiger partial charge >= 0.3 is 0 Å². The van der Waals surface area contributed by atoms with Crippen molar-refractivity contribution in [2.45, 2.75) is 44.1 Å². The minimum Gasteiger partial charge on any atom is -0.373 e. The second kappa shape index (κ2) is 5.19. The maximum atomic E-state index is 10.7. The van der Waals surface area contributed by atoms with E-state index in [1.54, 1.807) is 18.2 Å². The van der Waals surface area contributed by atoms with E-state index in [2.05, 4.69) is 21.2 Å². The Morgan fingerprint density at radius 1 is 1.47 bits per heavy atom. The van der Waals surface area contributed by atoms with Crippen LogP contribution < -0.4 is 5.32 Å². The van der Waals surface area contributed by atoms with Crippen molar-refractivity contribution in [3.8, 4) is 0 Å². The van der Waals surface area contributed by atoms with Crippen LogP contribution in [0.5, 0.6) is 0 Å². The molecule has 5 nitrogen and oxygen atoms in total. The molecule has 2 heterocycles. The van der Waals surface area contributed by atoms with Crippen LogP contribution in [0.4, 0.5) is 5.69 Å². The highest BCUT2D eigenvalue weighted by atomic mass is 79.9. The van der Waals surface area contributed by atoms with Gasteiger partial charge in [-0.25, -0.2) is 0 Å². The summed E-state index contributed by atoms with van der Waals surface area (Å²) < 4.78 is 6.57. The summed E-state index contributed by atoms with van der Waals surface area (Å²) in [4.78, 5) is 10.3. The van der Waals surface area contributed by atoms with Crippen molar-refractivity contribution in [2.24, 2.45) is 0 Å². The molecule has 0 spiro atoms. The quantitative estimate of drug-likeness (QED) is 0.682. The van der Waals surface area contributed by atoms with Crippen molar-refractivity contribution in [3.63, 3.8) is 0 Å². The minimum atomic E-state index is -0.383. The number of non-ortho nitro benzene ring substituents is 1. The maximum absolute atomic E-state index is 10.7. The molecule has 0 radical (unpaired) electrons. The molecule has 0 saturated carbocycles. The molecule has 1 aromatic rings. The molecule has 3 atom stereocenters. The predicted octanol–water partition coefficient (Wildman–Crippen LogP) is 2.77. The molecule has 3 unspecified atom stereocenters. The molecule has 102 valence electrons. The van der Waals surface area contributed by atoms with Gasteiger partial charge in [-0.2, -0.15) is 0 Å². The average Bonchev–Trinajstić information content (AvgIpc) is 2.99. The zero-order chi connectivity index (χ0) is 13.4. The fourth-order valence-electron chi connectivity index (χ4n) is 2.89. The second-order valence-electron chi connectivity index (χ2n) is 5.13. The summed E-state index contributed by atoms with van der Waals surface area (Å²) in [5.41, 5.74) is 1.15. The molecular weight excluding hydrogens is 312 g/mol. The second-order valence-corrected chi connectivity index (χ2v) is 5.98. The van der Waals surface area contributed by atoms with E-state index in [0.717, 1.165) is 22.9 Å². The van der Waals surface area contributed by atoms with E-state index in [4.69, 9.17) is 4.74 Å². The SMILES string of the molecule is O=[N+]([O-])c1ccc(CNC2CC3CCC2O3)c(Br)c1. The van der Waals surface area contributed by atoms with Gasteiger partial charge in [0.05, 0.1) is 17.1 Å². The molecule has 0 aliphatic carbocycles. The summed E-state index contributed by atoms with van der Waals surface area (Å²) in [5, 5.41) is 14.2. The van der Waals surface area contributed by atoms with Crippen LogP contribution in [-0.4, -0.2) is 23.2 Å². The Bertz CT molecular complexity index is 509. The van der Waals surface area contributed by atoms with Crippen molar-refractivity contribution in [1.82, 2.24) is 5.32 Å². The van der Waals surface area contributed by atoms with Crippen LogP contribution in [-0.2, 0) is 11.3 Å². The van der Waals surface area contributed by atoms with Gasteiger partial charge in [-0.05, 0) is 30.9 Å². The Hall–Kier alpha value is -0.980.